The molecule has 0 radical (unpaired) electrons. The summed E-state index contributed by atoms with van der Waals surface area (Å²) in [4.78, 5) is 21.6. The Morgan fingerprint density at radius 1 is 0.708 bits per heavy atom. The van der Waals surface area contributed by atoms with E-state index in [1.165, 1.54) is 70.6 Å². The molecule has 0 aliphatic rings. The zero-order valence-corrected chi connectivity index (χ0v) is 18.0. The smallest absolute Gasteiger partial charge is 0.549 e. The van der Waals surface area contributed by atoms with Gasteiger partial charge in [-0.1, -0.05) is 84.0 Å². The van der Waals surface area contributed by atoms with Crippen molar-refractivity contribution in [3.05, 3.63) is 0 Å². The molecule has 0 saturated carbocycles. The quantitative estimate of drug-likeness (QED) is 0.287. The van der Waals surface area contributed by atoms with Gasteiger partial charge in [0.05, 0.1) is 12.5 Å². The molecule has 136 valence electrons. The summed E-state index contributed by atoms with van der Waals surface area (Å²) >= 11 is 0. The van der Waals surface area contributed by atoms with E-state index in [0.717, 1.165) is 12.8 Å². The second-order valence-corrected chi connectivity index (χ2v) is 6.51. The molecule has 0 amide bonds. The van der Waals surface area contributed by atoms with Crippen LogP contribution in [0, 0.1) is 0 Å². The first kappa shape index (κ1) is 26.3. The number of hydrogen-bond donors (Lipinski definition) is 1. The first-order chi connectivity index (χ1) is 11.2. The summed E-state index contributed by atoms with van der Waals surface area (Å²) in [6, 6.07) is 0. The van der Waals surface area contributed by atoms with E-state index in [4.69, 9.17) is 0 Å². The average Bonchev–Trinajstić information content (AvgIpc) is 2.51. The maximum absolute atomic E-state index is 11.5. The predicted molar refractivity (Wildman–Crippen MR) is 93.2 cm³/mol. The van der Waals surface area contributed by atoms with Crippen molar-refractivity contribution in [2.45, 2.75) is 96.8 Å². The van der Waals surface area contributed by atoms with Crippen molar-refractivity contribution in [1.29, 1.82) is 0 Å². The standard InChI is InChI=1S/C19H37NO3.Na/c1-2-3-4-5-6-7-8-9-10-11-12-13-14-15-18(21)16-20-17-19(22)23;/h20H,2-17H2,1H3,(H,22,23);/q;+1/p-1. The van der Waals surface area contributed by atoms with Gasteiger partial charge in [0.25, 0.3) is 0 Å². The molecule has 0 aliphatic carbocycles. The average molecular weight is 349 g/mol. The Labute approximate surface area is 170 Å². The summed E-state index contributed by atoms with van der Waals surface area (Å²) < 4.78 is 0. The van der Waals surface area contributed by atoms with Gasteiger partial charge in [-0.15, -0.1) is 0 Å². The van der Waals surface area contributed by atoms with E-state index in [1.807, 2.05) is 0 Å². The second-order valence-electron chi connectivity index (χ2n) is 6.51. The largest absolute Gasteiger partial charge is 1.00 e. The van der Waals surface area contributed by atoms with Gasteiger partial charge in [-0.05, 0) is 6.42 Å². The summed E-state index contributed by atoms with van der Waals surface area (Å²) in [5.41, 5.74) is 0. The number of ketones is 1. The van der Waals surface area contributed by atoms with Crippen molar-refractivity contribution in [3.8, 4) is 0 Å². The molecule has 0 saturated heterocycles. The molecule has 0 spiro atoms. The van der Waals surface area contributed by atoms with Crippen molar-refractivity contribution in [2.24, 2.45) is 0 Å². The maximum Gasteiger partial charge on any atom is 1.00 e. The number of aliphatic carboxylic acids is 1. The Kier molecular flexibility index (Phi) is 23.2. The molecule has 0 aromatic rings. The van der Waals surface area contributed by atoms with Crippen molar-refractivity contribution in [2.75, 3.05) is 13.1 Å². The van der Waals surface area contributed by atoms with Gasteiger partial charge in [0.2, 0.25) is 0 Å². The Bertz CT molecular complexity index is 298. The monoisotopic (exact) mass is 349 g/mol. The van der Waals surface area contributed by atoms with Gasteiger partial charge in [0, 0.05) is 13.0 Å². The van der Waals surface area contributed by atoms with Crippen molar-refractivity contribution < 1.29 is 44.3 Å². The molecule has 24 heavy (non-hydrogen) atoms. The number of carboxylic acid groups (broad SMARTS) is 1. The third kappa shape index (κ3) is 22.1. The van der Waals surface area contributed by atoms with Crippen LogP contribution < -0.4 is 40.0 Å². The molecule has 5 heteroatoms. The molecule has 4 nitrogen and oxygen atoms in total. The summed E-state index contributed by atoms with van der Waals surface area (Å²) in [7, 11) is 0. The number of carbonyl (C=O) groups is 2. The van der Waals surface area contributed by atoms with Crippen molar-refractivity contribution >= 4 is 11.8 Å². The third-order valence-corrected chi connectivity index (χ3v) is 4.15. The number of rotatable bonds is 18. The van der Waals surface area contributed by atoms with E-state index in [1.54, 1.807) is 0 Å². The van der Waals surface area contributed by atoms with Gasteiger partial charge in [-0.3, -0.25) is 4.79 Å². The molecule has 0 atom stereocenters. The number of carboxylic acids is 1. The van der Waals surface area contributed by atoms with Gasteiger partial charge >= 0.3 is 29.6 Å². The molecule has 1 N–H and O–H groups in total. The predicted octanol–water partition coefficient (Wildman–Crippen LogP) is 0.380. The topological polar surface area (TPSA) is 69.2 Å². The fourth-order valence-electron chi connectivity index (χ4n) is 2.73. The molecule has 0 aromatic heterocycles. The van der Waals surface area contributed by atoms with Crippen LogP contribution in [0.4, 0.5) is 0 Å². The number of Topliss-reactive ketones (excluding diaryl/α,β-unsaturated/α-hetero) is 1. The van der Waals surface area contributed by atoms with Crippen LogP contribution in [0.5, 0.6) is 0 Å². The zero-order chi connectivity index (χ0) is 17.2. The minimum Gasteiger partial charge on any atom is -0.549 e. The van der Waals surface area contributed by atoms with E-state index in [-0.39, 0.29) is 48.4 Å². The van der Waals surface area contributed by atoms with E-state index >= 15 is 0 Å². The summed E-state index contributed by atoms with van der Waals surface area (Å²) in [6.07, 6.45) is 17.4. The summed E-state index contributed by atoms with van der Waals surface area (Å²) in [5, 5.41) is 12.8. The molecule has 0 aliphatic heterocycles. The van der Waals surface area contributed by atoms with Crippen LogP contribution in [-0.2, 0) is 9.59 Å². The van der Waals surface area contributed by atoms with E-state index in [2.05, 4.69) is 12.2 Å². The number of hydrogen-bond acceptors (Lipinski definition) is 4. The van der Waals surface area contributed by atoms with E-state index in [0.29, 0.717) is 6.42 Å². The van der Waals surface area contributed by atoms with Crippen LogP contribution in [0.3, 0.4) is 0 Å². The van der Waals surface area contributed by atoms with E-state index in [9.17, 15) is 14.7 Å². The van der Waals surface area contributed by atoms with Crippen LogP contribution in [-0.4, -0.2) is 24.8 Å². The molecule has 0 aromatic carbocycles. The Morgan fingerprint density at radius 3 is 1.54 bits per heavy atom. The van der Waals surface area contributed by atoms with Crippen LogP contribution >= 0.6 is 0 Å². The zero-order valence-electron chi connectivity index (χ0n) is 16.0. The van der Waals surface area contributed by atoms with Crippen LogP contribution in [0.2, 0.25) is 0 Å². The Morgan fingerprint density at radius 2 is 1.12 bits per heavy atom. The van der Waals surface area contributed by atoms with Gasteiger partial charge in [0.15, 0.2) is 0 Å². The van der Waals surface area contributed by atoms with Gasteiger partial charge < -0.3 is 15.2 Å². The third-order valence-electron chi connectivity index (χ3n) is 4.15. The van der Waals surface area contributed by atoms with Crippen molar-refractivity contribution in [1.82, 2.24) is 5.32 Å². The first-order valence-corrected chi connectivity index (χ1v) is 9.59. The summed E-state index contributed by atoms with van der Waals surface area (Å²) in [5.74, 6) is -1.08. The van der Waals surface area contributed by atoms with Crippen molar-refractivity contribution in [3.63, 3.8) is 0 Å². The number of carbonyl (C=O) groups excluding carboxylic acids is 2. The Balaban J connectivity index is 0. The van der Waals surface area contributed by atoms with Crippen LogP contribution in [0.15, 0.2) is 0 Å². The minimum atomic E-state index is -1.17. The Hall–Kier alpha value is 0.100. The number of nitrogens with one attached hydrogen (secondary N) is 1. The fraction of sp³-hybridized carbons (Fsp3) is 0.895. The van der Waals surface area contributed by atoms with Crippen LogP contribution in [0.25, 0.3) is 0 Å². The normalized spacial score (nSPS) is 10.4. The van der Waals surface area contributed by atoms with E-state index < -0.39 is 5.97 Å². The number of unbranched alkanes of at least 4 members (excludes halogenated alkanes) is 12. The maximum atomic E-state index is 11.5. The second kappa shape index (κ2) is 21.1. The molecule has 0 unspecified atom stereocenters. The minimum absolute atomic E-state index is 0. The molecule has 0 heterocycles. The van der Waals surface area contributed by atoms with Gasteiger partial charge in [-0.2, -0.15) is 0 Å². The molecule has 0 fully saturated rings. The fourth-order valence-corrected chi connectivity index (χ4v) is 2.73. The molecular weight excluding hydrogens is 313 g/mol. The van der Waals surface area contributed by atoms with Crippen LogP contribution in [0.1, 0.15) is 96.8 Å². The SMILES string of the molecule is CCCCCCCCCCCCCCCC(=O)CNCC(=O)[O-].[Na+]. The summed E-state index contributed by atoms with van der Waals surface area (Å²) in [6.45, 7) is 2.15. The molecular formula is C19H36NNaO3. The molecule has 0 bridgehead atoms. The van der Waals surface area contributed by atoms with Gasteiger partial charge in [-0.25, -0.2) is 0 Å². The van der Waals surface area contributed by atoms with Gasteiger partial charge in [0.1, 0.15) is 5.78 Å². The first-order valence-electron chi connectivity index (χ1n) is 9.59. The molecule has 0 rings (SSSR count).